The lowest BCUT2D eigenvalue weighted by atomic mass is 9.74. The van der Waals surface area contributed by atoms with Crippen LogP contribution in [0.1, 0.15) is 94.9 Å². The number of Topliss-reactive ketones (excluding diaryl/α,β-unsaturated/α-hetero) is 1. The van der Waals surface area contributed by atoms with Crippen LogP contribution in [0, 0.1) is 23.7 Å². The molecule has 3 aliphatic heterocycles. The molecule has 3 aliphatic rings. The number of rotatable bonds is 10. The maximum absolute atomic E-state index is 14.3. The zero-order chi connectivity index (χ0) is 41.1. The van der Waals surface area contributed by atoms with Crippen molar-refractivity contribution in [1.29, 1.82) is 0 Å². The van der Waals surface area contributed by atoms with Crippen LogP contribution in [0.4, 0.5) is 0 Å². The molecule has 0 saturated carbocycles. The maximum atomic E-state index is 14.3. The summed E-state index contributed by atoms with van der Waals surface area (Å²) < 4.78 is 57.0. The molecule has 3 fully saturated rings. The van der Waals surface area contributed by atoms with Gasteiger partial charge in [-0.1, -0.05) is 27.7 Å². The Bertz CT molecular complexity index is 1220. The van der Waals surface area contributed by atoms with E-state index in [4.69, 9.17) is 42.6 Å². The van der Waals surface area contributed by atoms with Crippen LogP contribution < -0.4 is 0 Å². The minimum absolute atomic E-state index is 0.0356. The molecular formula is C40H73NO13. The number of ether oxygens (including phenoxy) is 9. The molecule has 0 aliphatic carbocycles. The van der Waals surface area contributed by atoms with Crippen molar-refractivity contribution in [2.75, 3.05) is 42.5 Å². The number of likely N-dealkylation sites (N-methyl/N-ethyl adjacent to an activating group) is 1. The van der Waals surface area contributed by atoms with Crippen molar-refractivity contribution >= 4 is 11.8 Å². The second-order valence-corrected chi connectivity index (χ2v) is 17.1. The smallest absolute Gasteiger partial charge is 0.311 e. The molecule has 14 nitrogen and oxygen atoms in total. The van der Waals surface area contributed by atoms with Crippen molar-refractivity contribution in [2.45, 2.75) is 179 Å². The third-order valence-corrected chi connectivity index (χ3v) is 12.7. The van der Waals surface area contributed by atoms with Gasteiger partial charge in [0, 0.05) is 58.7 Å². The molecule has 0 spiro atoms. The Labute approximate surface area is 324 Å². The summed E-state index contributed by atoms with van der Waals surface area (Å²) in [6.07, 6.45) is -6.26. The number of carbonyl (C=O) groups is 2. The normalized spacial score (nSPS) is 47.6. The highest BCUT2D eigenvalue weighted by atomic mass is 16.7. The van der Waals surface area contributed by atoms with E-state index in [1.165, 1.54) is 6.92 Å². The number of esters is 1. The summed E-state index contributed by atoms with van der Waals surface area (Å²) in [5.41, 5.74) is -3.90. The van der Waals surface area contributed by atoms with E-state index in [0.717, 1.165) is 0 Å². The highest BCUT2D eigenvalue weighted by Crippen LogP contribution is 2.42. The molecule has 3 rings (SSSR count). The van der Waals surface area contributed by atoms with Gasteiger partial charge in [-0.05, 0) is 74.9 Å². The summed E-state index contributed by atoms with van der Waals surface area (Å²) in [6.45, 7) is 17.8. The van der Waals surface area contributed by atoms with Crippen molar-refractivity contribution < 1.29 is 62.4 Å². The van der Waals surface area contributed by atoms with Crippen LogP contribution >= 0.6 is 0 Å². The minimum atomic E-state index is -1.94. The van der Waals surface area contributed by atoms with E-state index in [1.54, 1.807) is 56.1 Å². The lowest BCUT2D eigenvalue weighted by molar-refractivity contribution is -0.322. The standard InChI is InChI=1S/C40H73NO13/c1-17-28-40(10,45)33(43)23(4)30(42)21(2)19-38(8,48-15)34(54-37-32(46-13)27(41(11)12)18-22(3)50-37)24(5)31(25(6)36(44)52-28)53-29-20-39(9,49-16)35(47-14)26(7)51-29/h21-29,31-35,37,43,45H,17-20H2,1-16H3/t21-,22-,23+,24+,25-,26+,27+,28+,29-,31-,32-,33+,34-,35+,37+,38-,39-,40-/m1/s1. The molecule has 0 bridgehead atoms. The first-order chi connectivity index (χ1) is 25.1. The van der Waals surface area contributed by atoms with Crippen molar-refractivity contribution in [2.24, 2.45) is 23.7 Å². The monoisotopic (exact) mass is 776 g/mol. The number of cyclic esters (lactones) is 1. The van der Waals surface area contributed by atoms with Gasteiger partial charge < -0.3 is 57.7 Å². The predicted octanol–water partition coefficient (Wildman–Crippen LogP) is 3.75. The molecule has 54 heavy (non-hydrogen) atoms. The Morgan fingerprint density at radius 1 is 0.815 bits per heavy atom. The van der Waals surface area contributed by atoms with E-state index in [0.29, 0.717) is 6.42 Å². The molecule has 0 radical (unpaired) electrons. The molecule has 3 heterocycles. The second-order valence-electron chi connectivity index (χ2n) is 17.1. The first kappa shape index (κ1) is 47.1. The first-order valence-electron chi connectivity index (χ1n) is 19.7. The topological polar surface area (TPSA) is 161 Å². The molecule has 0 aromatic rings. The predicted molar refractivity (Wildman–Crippen MR) is 201 cm³/mol. The number of nitrogens with zero attached hydrogens (tertiary/aromatic N) is 1. The second kappa shape index (κ2) is 19.0. The van der Waals surface area contributed by atoms with Gasteiger partial charge in [0.2, 0.25) is 0 Å². The number of aliphatic hydroxyl groups is 2. The Morgan fingerprint density at radius 3 is 1.93 bits per heavy atom. The number of aliphatic hydroxyl groups excluding tert-OH is 1. The summed E-state index contributed by atoms with van der Waals surface area (Å²) in [6, 6.07) is -0.0356. The fourth-order valence-electron chi connectivity index (χ4n) is 9.26. The van der Waals surface area contributed by atoms with Gasteiger partial charge in [-0.2, -0.15) is 0 Å². The summed E-state index contributed by atoms with van der Waals surface area (Å²) in [5, 5.41) is 23.2. The van der Waals surface area contributed by atoms with E-state index in [9.17, 15) is 19.8 Å². The highest BCUT2D eigenvalue weighted by molar-refractivity contribution is 5.83. The van der Waals surface area contributed by atoms with Gasteiger partial charge in [-0.3, -0.25) is 9.59 Å². The lowest BCUT2D eigenvalue weighted by Gasteiger charge is -2.50. The van der Waals surface area contributed by atoms with Gasteiger partial charge in [0.1, 0.15) is 29.7 Å². The molecule has 0 aromatic heterocycles. The number of ketones is 1. The molecule has 2 N–H and O–H groups in total. The average Bonchev–Trinajstić information content (AvgIpc) is 3.12. The van der Waals surface area contributed by atoms with Crippen molar-refractivity contribution in [3.8, 4) is 0 Å². The van der Waals surface area contributed by atoms with Gasteiger partial charge in [0.15, 0.2) is 12.6 Å². The van der Waals surface area contributed by atoms with Crippen LogP contribution in [0.2, 0.25) is 0 Å². The fraction of sp³-hybridized carbons (Fsp3) is 0.950. The number of hydrogen-bond acceptors (Lipinski definition) is 14. The number of methoxy groups -OCH3 is 4. The van der Waals surface area contributed by atoms with Crippen LogP contribution in [0.15, 0.2) is 0 Å². The van der Waals surface area contributed by atoms with Crippen molar-refractivity contribution in [1.82, 2.24) is 4.90 Å². The quantitative estimate of drug-likeness (QED) is 0.309. The fourth-order valence-corrected chi connectivity index (χ4v) is 9.26. The van der Waals surface area contributed by atoms with Crippen LogP contribution in [0.25, 0.3) is 0 Å². The van der Waals surface area contributed by atoms with Crippen molar-refractivity contribution in [3.05, 3.63) is 0 Å². The third kappa shape index (κ3) is 9.86. The summed E-state index contributed by atoms with van der Waals surface area (Å²) >= 11 is 0. The molecule has 0 amide bonds. The third-order valence-electron chi connectivity index (χ3n) is 12.7. The van der Waals surface area contributed by atoms with E-state index in [2.05, 4.69) is 4.90 Å². The van der Waals surface area contributed by atoms with E-state index >= 15 is 0 Å². The SMILES string of the molecule is CC[C@@H]1OC(=O)[C@H](C)[C@H](O[C@@H]2C[C@@](C)(OC)[C@@H](OC)[C@H](C)O2)[C@H](C)[C@@H](O[C@@H]2O[C@H](C)C[C@H](N(C)C)[C@H]2OC)[C@](C)(OC)C[C@@H](C)C(=O)[C@H](C)[C@H](O)[C@]1(C)O. The average molecular weight is 776 g/mol. The maximum Gasteiger partial charge on any atom is 0.311 e. The Hall–Kier alpha value is -1.30. The molecule has 316 valence electrons. The van der Waals surface area contributed by atoms with Crippen LogP contribution in [0.3, 0.4) is 0 Å². The summed E-state index contributed by atoms with van der Waals surface area (Å²) in [4.78, 5) is 30.5. The number of carbonyl (C=O) groups excluding carboxylic acids is 2. The Morgan fingerprint density at radius 2 is 1.41 bits per heavy atom. The molecule has 0 unspecified atom stereocenters. The Balaban J connectivity index is 2.25. The zero-order valence-electron chi connectivity index (χ0n) is 35.8. The molecule has 18 atom stereocenters. The molecule has 14 heteroatoms. The summed E-state index contributed by atoms with van der Waals surface area (Å²) in [7, 11) is 10.4. The highest BCUT2D eigenvalue weighted by Gasteiger charge is 2.54. The van der Waals surface area contributed by atoms with Gasteiger partial charge in [-0.15, -0.1) is 0 Å². The molecular weight excluding hydrogens is 702 g/mol. The van der Waals surface area contributed by atoms with E-state index in [1.807, 2.05) is 48.7 Å². The van der Waals surface area contributed by atoms with Crippen LogP contribution in [-0.4, -0.2) is 154 Å². The zero-order valence-corrected chi connectivity index (χ0v) is 35.8. The first-order valence-corrected chi connectivity index (χ1v) is 19.7. The molecule has 3 saturated heterocycles. The Kier molecular flexibility index (Phi) is 16.5. The van der Waals surface area contributed by atoms with E-state index in [-0.39, 0.29) is 43.3 Å². The summed E-state index contributed by atoms with van der Waals surface area (Å²) in [5.74, 6) is -4.15. The van der Waals surface area contributed by atoms with Crippen LogP contribution in [-0.2, 0) is 52.2 Å². The van der Waals surface area contributed by atoms with Gasteiger partial charge in [0.25, 0.3) is 0 Å². The molecule has 0 aromatic carbocycles. The van der Waals surface area contributed by atoms with Gasteiger partial charge in [0.05, 0.1) is 47.6 Å². The van der Waals surface area contributed by atoms with Gasteiger partial charge in [-0.25, -0.2) is 0 Å². The lowest BCUT2D eigenvalue weighted by Crippen LogP contribution is -2.62. The van der Waals surface area contributed by atoms with E-state index < -0.39 is 95.6 Å². The van der Waals surface area contributed by atoms with Crippen LogP contribution in [0.5, 0.6) is 0 Å². The minimum Gasteiger partial charge on any atom is -0.459 e. The largest absolute Gasteiger partial charge is 0.459 e. The number of hydrogen-bond donors (Lipinski definition) is 2. The van der Waals surface area contributed by atoms with Crippen molar-refractivity contribution in [3.63, 3.8) is 0 Å². The van der Waals surface area contributed by atoms with Gasteiger partial charge >= 0.3 is 5.97 Å².